The lowest BCUT2D eigenvalue weighted by Gasteiger charge is -2.45. The largest absolute Gasteiger partial charge is 0.272 e. The van der Waals surface area contributed by atoms with Crippen LogP contribution in [0.2, 0.25) is 0 Å². The zero-order chi connectivity index (χ0) is 12.1. The fourth-order valence-electron chi connectivity index (χ4n) is 1.35. The van der Waals surface area contributed by atoms with E-state index in [2.05, 4.69) is 12.6 Å². The summed E-state index contributed by atoms with van der Waals surface area (Å²) in [7, 11) is -3.44. The summed E-state index contributed by atoms with van der Waals surface area (Å²) in [5.41, 5.74) is -0.289. The van der Waals surface area contributed by atoms with Crippen molar-refractivity contribution >= 4 is 28.6 Å². The molecular weight excluding hydrogens is 234 g/mol. The highest BCUT2D eigenvalue weighted by Gasteiger charge is 2.60. The van der Waals surface area contributed by atoms with E-state index in [4.69, 9.17) is 0 Å². The molecule has 0 radical (unpaired) electrons. The average Bonchev–Trinajstić information content (AvgIpc) is 2.12. The first kappa shape index (κ1) is 12.8. The molecule has 4 nitrogen and oxygen atoms in total. The zero-order valence-corrected chi connectivity index (χ0v) is 11.2. The zero-order valence-electron chi connectivity index (χ0n) is 9.44. The van der Waals surface area contributed by atoms with Gasteiger partial charge in [0.25, 0.3) is 15.9 Å². The SMILES string of the molecule is CC(C)(CS)CN1C(=O)C(C)(C)S1(=O)=O. The van der Waals surface area contributed by atoms with E-state index in [1.807, 2.05) is 13.8 Å². The molecule has 0 aromatic carbocycles. The van der Waals surface area contributed by atoms with Crippen molar-refractivity contribution in [3.05, 3.63) is 0 Å². The van der Waals surface area contributed by atoms with Gasteiger partial charge in [0.05, 0.1) is 0 Å². The minimum atomic E-state index is -3.44. The molecule has 0 N–H and O–H groups in total. The molecule has 15 heavy (non-hydrogen) atoms. The molecule has 1 aliphatic rings. The van der Waals surface area contributed by atoms with E-state index in [9.17, 15) is 13.2 Å². The normalized spacial score (nSPS) is 23.8. The standard InChI is InChI=1S/C9H17NO3S2/c1-8(2,6-14)5-10-7(11)9(3,4)15(10,12)13/h14H,5-6H2,1-4H3. The molecule has 1 fully saturated rings. The van der Waals surface area contributed by atoms with Crippen LogP contribution in [0.15, 0.2) is 0 Å². The number of carbonyl (C=O) groups excluding carboxylic acids is 1. The van der Waals surface area contributed by atoms with Gasteiger partial charge < -0.3 is 0 Å². The summed E-state index contributed by atoms with van der Waals surface area (Å²) in [6.45, 7) is 6.85. The summed E-state index contributed by atoms with van der Waals surface area (Å²) in [6, 6.07) is 0. The van der Waals surface area contributed by atoms with Crippen molar-refractivity contribution in [1.29, 1.82) is 0 Å². The molecule has 1 amide bonds. The molecule has 0 unspecified atom stereocenters. The summed E-state index contributed by atoms with van der Waals surface area (Å²) < 4.78 is 23.2. The summed E-state index contributed by atoms with van der Waals surface area (Å²) in [6.07, 6.45) is 0. The number of rotatable bonds is 3. The van der Waals surface area contributed by atoms with Gasteiger partial charge >= 0.3 is 0 Å². The van der Waals surface area contributed by atoms with Crippen LogP contribution >= 0.6 is 12.6 Å². The Bertz CT molecular complexity index is 384. The quantitative estimate of drug-likeness (QED) is 0.758. The molecule has 0 spiro atoms. The Hall–Kier alpha value is -0.230. The Balaban J connectivity index is 2.90. The van der Waals surface area contributed by atoms with Crippen molar-refractivity contribution in [3.63, 3.8) is 0 Å². The number of sulfonamides is 1. The van der Waals surface area contributed by atoms with Gasteiger partial charge in [0.1, 0.15) is 0 Å². The van der Waals surface area contributed by atoms with Gasteiger partial charge in [0.15, 0.2) is 4.75 Å². The van der Waals surface area contributed by atoms with Crippen molar-refractivity contribution < 1.29 is 13.2 Å². The number of nitrogens with zero attached hydrogens (tertiary/aromatic N) is 1. The molecule has 0 bridgehead atoms. The van der Waals surface area contributed by atoms with Gasteiger partial charge in [-0.2, -0.15) is 12.6 Å². The molecular formula is C9H17NO3S2. The average molecular weight is 251 g/mol. The molecule has 1 rings (SSSR count). The van der Waals surface area contributed by atoms with Crippen molar-refractivity contribution in [2.24, 2.45) is 5.41 Å². The minimum absolute atomic E-state index is 0.209. The Kier molecular flexibility index (Phi) is 2.89. The maximum Gasteiger partial charge on any atom is 0.258 e. The summed E-state index contributed by atoms with van der Waals surface area (Å²) >= 11 is 4.14. The Morgan fingerprint density at radius 3 is 2.20 bits per heavy atom. The second-order valence-corrected chi connectivity index (χ2v) is 7.88. The first-order valence-corrected chi connectivity index (χ1v) is 6.81. The third-order valence-corrected chi connectivity index (χ3v) is 5.87. The minimum Gasteiger partial charge on any atom is -0.272 e. The molecule has 88 valence electrons. The van der Waals surface area contributed by atoms with Gasteiger partial charge in [-0.1, -0.05) is 13.8 Å². The van der Waals surface area contributed by atoms with Crippen LogP contribution in [0, 0.1) is 5.41 Å². The summed E-state index contributed by atoms with van der Waals surface area (Å²) in [5, 5.41) is 0. The topological polar surface area (TPSA) is 54.5 Å². The Labute approximate surface area is 96.5 Å². The smallest absolute Gasteiger partial charge is 0.258 e. The fourth-order valence-corrected chi connectivity index (χ4v) is 3.17. The van der Waals surface area contributed by atoms with E-state index < -0.39 is 14.8 Å². The van der Waals surface area contributed by atoms with Crippen molar-refractivity contribution in [2.75, 3.05) is 12.3 Å². The number of hydrogen-bond donors (Lipinski definition) is 1. The molecule has 1 saturated heterocycles. The molecule has 0 aliphatic carbocycles. The lowest BCUT2D eigenvalue weighted by molar-refractivity contribution is -0.133. The Morgan fingerprint density at radius 1 is 1.40 bits per heavy atom. The second kappa shape index (κ2) is 3.38. The van der Waals surface area contributed by atoms with Crippen LogP contribution in [0.5, 0.6) is 0 Å². The summed E-state index contributed by atoms with van der Waals surface area (Å²) in [5.74, 6) is 0.213. The predicted octanol–water partition coefficient (Wildman–Crippen LogP) is 0.893. The molecule has 1 heterocycles. The van der Waals surface area contributed by atoms with Gasteiger partial charge in [-0.15, -0.1) is 0 Å². The van der Waals surface area contributed by atoms with Crippen molar-refractivity contribution in [2.45, 2.75) is 32.4 Å². The molecule has 0 aromatic rings. The second-order valence-electron chi connectivity index (χ2n) is 5.15. The maximum atomic E-state index is 11.8. The van der Waals surface area contributed by atoms with Crippen LogP contribution in [0.3, 0.4) is 0 Å². The monoisotopic (exact) mass is 251 g/mol. The van der Waals surface area contributed by atoms with Gasteiger partial charge in [0.2, 0.25) is 0 Å². The first-order chi connectivity index (χ1) is 6.56. The van der Waals surface area contributed by atoms with Crippen LogP contribution < -0.4 is 0 Å². The van der Waals surface area contributed by atoms with Gasteiger partial charge in [-0.25, -0.2) is 12.7 Å². The Morgan fingerprint density at radius 2 is 1.87 bits per heavy atom. The third-order valence-electron chi connectivity index (χ3n) is 2.68. The van der Waals surface area contributed by atoms with Gasteiger partial charge in [-0.3, -0.25) is 4.79 Å². The van der Waals surface area contributed by atoms with Crippen molar-refractivity contribution in [1.82, 2.24) is 4.31 Å². The van der Waals surface area contributed by atoms with Gasteiger partial charge in [-0.05, 0) is 25.0 Å². The lowest BCUT2D eigenvalue weighted by atomic mass is 9.96. The molecule has 1 aliphatic heterocycles. The molecule has 0 atom stereocenters. The number of thiol groups is 1. The number of hydrogen-bond acceptors (Lipinski definition) is 4. The molecule has 0 aromatic heterocycles. The molecule has 0 saturated carbocycles. The van der Waals surface area contributed by atoms with E-state index >= 15 is 0 Å². The number of amides is 1. The predicted molar refractivity (Wildman–Crippen MR) is 62.3 cm³/mol. The van der Waals surface area contributed by atoms with E-state index in [-0.39, 0.29) is 17.9 Å². The summed E-state index contributed by atoms with van der Waals surface area (Å²) in [4.78, 5) is 11.6. The van der Waals surface area contributed by atoms with Crippen LogP contribution in [-0.2, 0) is 14.8 Å². The number of carbonyl (C=O) groups is 1. The third kappa shape index (κ3) is 1.78. The van der Waals surface area contributed by atoms with E-state index in [1.165, 1.54) is 13.8 Å². The maximum absolute atomic E-state index is 11.8. The van der Waals surface area contributed by atoms with E-state index in [1.54, 1.807) is 0 Å². The first-order valence-electron chi connectivity index (χ1n) is 4.74. The van der Waals surface area contributed by atoms with Crippen LogP contribution in [0.4, 0.5) is 0 Å². The van der Waals surface area contributed by atoms with Crippen LogP contribution in [-0.4, -0.2) is 35.7 Å². The van der Waals surface area contributed by atoms with Crippen LogP contribution in [0.1, 0.15) is 27.7 Å². The van der Waals surface area contributed by atoms with Gasteiger partial charge in [0, 0.05) is 6.54 Å². The van der Waals surface area contributed by atoms with E-state index in [0.717, 1.165) is 4.31 Å². The molecule has 6 heteroatoms. The fraction of sp³-hybridized carbons (Fsp3) is 0.889. The lowest BCUT2D eigenvalue weighted by Crippen LogP contribution is -2.68. The van der Waals surface area contributed by atoms with Crippen molar-refractivity contribution in [3.8, 4) is 0 Å². The highest BCUT2D eigenvalue weighted by Crippen LogP contribution is 2.37. The highest BCUT2D eigenvalue weighted by atomic mass is 32.2. The van der Waals surface area contributed by atoms with Crippen LogP contribution in [0.25, 0.3) is 0 Å². The van der Waals surface area contributed by atoms with E-state index in [0.29, 0.717) is 5.75 Å². The highest BCUT2D eigenvalue weighted by molar-refractivity contribution is 7.94.